The molecule has 1 heterocycles. The van der Waals surface area contributed by atoms with E-state index in [1.165, 1.54) is 6.08 Å². The van der Waals surface area contributed by atoms with Crippen LogP contribution < -0.4 is 10.1 Å². The molecule has 5 nitrogen and oxygen atoms in total. The highest BCUT2D eigenvalue weighted by Crippen LogP contribution is 2.12. The van der Waals surface area contributed by atoms with E-state index < -0.39 is 0 Å². The summed E-state index contributed by atoms with van der Waals surface area (Å²) in [6.07, 6.45) is 6.77. The Hall–Kier alpha value is -2.56. The smallest absolute Gasteiger partial charge is 0.244 e. The van der Waals surface area contributed by atoms with Gasteiger partial charge in [0.25, 0.3) is 0 Å². The summed E-state index contributed by atoms with van der Waals surface area (Å²) >= 11 is 0. The quantitative estimate of drug-likeness (QED) is 0.843. The third-order valence-corrected chi connectivity index (χ3v) is 2.75. The fraction of sp³-hybridized carbons (Fsp3) is 0.200. The van der Waals surface area contributed by atoms with E-state index in [-0.39, 0.29) is 5.91 Å². The van der Waals surface area contributed by atoms with Crippen molar-refractivity contribution < 1.29 is 9.53 Å². The first-order chi connectivity index (χ1) is 9.67. The molecule has 0 radical (unpaired) electrons. The molecular weight excluding hydrogens is 254 g/mol. The second-order valence-electron chi connectivity index (χ2n) is 4.35. The van der Waals surface area contributed by atoms with Crippen LogP contribution in [0.5, 0.6) is 5.75 Å². The van der Waals surface area contributed by atoms with Crippen LogP contribution in [0.25, 0.3) is 6.08 Å². The lowest BCUT2D eigenvalue weighted by Gasteiger charge is -2.04. The fourth-order valence-corrected chi connectivity index (χ4v) is 1.73. The van der Waals surface area contributed by atoms with Crippen LogP contribution in [0, 0.1) is 0 Å². The molecule has 5 heteroatoms. The predicted molar refractivity (Wildman–Crippen MR) is 77.1 cm³/mol. The van der Waals surface area contributed by atoms with Gasteiger partial charge in [0.2, 0.25) is 5.91 Å². The number of aryl methyl sites for hydroxylation is 1. The highest BCUT2D eigenvalue weighted by molar-refractivity contribution is 5.91. The molecule has 0 fully saturated rings. The average molecular weight is 271 g/mol. The van der Waals surface area contributed by atoms with E-state index in [1.54, 1.807) is 24.1 Å². The van der Waals surface area contributed by atoms with Crippen LogP contribution in [0.15, 0.2) is 42.7 Å². The van der Waals surface area contributed by atoms with Crippen LogP contribution in [0.1, 0.15) is 11.1 Å². The lowest BCUT2D eigenvalue weighted by atomic mass is 10.2. The molecule has 0 aliphatic rings. The van der Waals surface area contributed by atoms with Crippen LogP contribution in [0.4, 0.5) is 0 Å². The second-order valence-corrected chi connectivity index (χ2v) is 4.35. The molecule has 0 saturated carbocycles. The van der Waals surface area contributed by atoms with Crippen molar-refractivity contribution in [3.05, 3.63) is 53.9 Å². The Morgan fingerprint density at radius 1 is 1.50 bits per heavy atom. The predicted octanol–water partition coefficient (Wildman–Crippen LogP) is 1.76. The van der Waals surface area contributed by atoms with E-state index in [0.29, 0.717) is 6.54 Å². The molecule has 0 spiro atoms. The molecule has 0 atom stereocenters. The van der Waals surface area contributed by atoms with Gasteiger partial charge in [0, 0.05) is 31.4 Å². The standard InChI is InChI=1S/C15H17N3O2/c1-18-11-13(10-17-18)6-7-15(19)16-9-12-4-3-5-14(8-12)20-2/h3-8,10-11H,9H2,1-2H3,(H,16,19). The van der Waals surface area contributed by atoms with E-state index in [0.717, 1.165) is 16.9 Å². The summed E-state index contributed by atoms with van der Waals surface area (Å²) in [7, 11) is 3.45. The van der Waals surface area contributed by atoms with Gasteiger partial charge < -0.3 is 10.1 Å². The molecule has 1 amide bonds. The summed E-state index contributed by atoms with van der Waals surface area (Å²) in [5.74, 6) is 0.638. The number of rotatable bonds is 5. The highest BCUT2D eigenvalue weighted by atomic mass is 16.5. The van der Waals surface area contributed by atoms with E-state index in [4.69, 9.17) is 4.74 Å². The lowest BCUT2D eigenvalue weighted by Crippen LogP contribution is -2.20. The zero-order valence-electron chi connectivity index (χ0n) is 11.5. The molecule has 104 valence electrons. The van der Waals surface area contributed by atoms with Crippen molar-refractivity contribution in [3.8, 4) is 5.75 Å². The minimum Gasteiger partial charge on any atom is -0.497 e. The van der Waals surface area contributed by atoms with Crippen LogP contribution >= 0.6 is 0 Å². The van der Waals surface area contributed by atoms with Crippen molar-refractivity contribution in [2.75, 3.05) is 7.11 Å². The van der Waals surface area contributed by atoms with Gasteiger partial charge in [-0.3, -0.25) is 9.48 Å². The third kappa shape index (κ3) is 3.98. The monoisotopic (exact) mass is 271 g/mol. The summed E-state index contributed by atoms with van der Waals surface area (Å²) in [4.78, 5) is 11.7. The largest absolute Gasteiger partial charge is 0.497 e. The number of methoxy groups -OCH3 is 1. The topological polar surface area (TPSA) is 56.1 Å². The van der Waals surface area contributed by atoms with Crippen LogP contribution in [-0.2, 0) is 18.4 Å². The number of benzene rings is 1. The van der Waals surface area contributed by atoms with Crippen molar-refractivity contribution in [1.82, 2.24) is 15.1 Å². The molecule has 0 aliphatic heterocycles. The van der Waals surface area contributed by atoms with Gasteiger partial charge in [-0.1, -0.05) is 12.1 Å². The number of hydrogen-bond acceptors (Lipinski definition) is 3. The molecule has 2 rings (SSSR count). The maximum absolute atomic E-state index is 11.7. The number of amides is 1. The molecule has 0 saturated heterocycles. The summed E-state index contributed by atoms with van der Waals surface area (Å²) in [5, 5.41) is 6.85. The molecule has 1 aromatic carbocycles. The highest BCUT2D eigenvalue weighted by Gasteiger charge is 1.99. The first-order valence-corrected chi connectivity index (χ1v) is 6.25. The molecule has 20 heavy (non-hydrogen) atoms. The van der Waals surface area contributed by atoms with Gasteiger partial charge in [0.15, 0.2) is 0 Å². The lowest BCUT2D eigenvalue weighted by molar-refractivity contribution is -0.116. The van der Waals surface area contributed by atoms with Gasteiger partial charge in [0.05, 0.1) is 13.3 Å². The summed E-state index contributed by atoms with van der Waals surface area (Å²) in [5.41, 5.74) is 1.89. The molecule has 0 unspecified atom stereocenters. The number of carbonyl (C=O) groups excluding carboxylic acids is 1. The Morgan fingerprint density at radius 2 is 2.35 bits per heavy atom. The SMILES string of the molecule is COc1cccc(CNC(=O)C=Cc2cnn(C)c2)c1. The normalized spacial score (nSPS) is 10.7. The number of nitrogens with zero attached hydrogens (tertiary/aromatic N) is 2. The minimum absolute atomic E-state index is 0.142. The maximum Gasteiger partial charge on any atom is 0.244 e. The second kappa shape index (κ2) is 6.56. The van der Waals surface area contributed by atoms with Gasteiger partial charge >= 0.3 is 0 Å². The third-order valence-electron chi connectivity index (χ3n) is 2.75. The van der Waals surface area contributed by atoms with Crippen molar-refractivity contribution in [1.29, 1.82) is 0 Å². The fourth-order valence-electron chi connectivity index (χ4n) is 1.73. The van der Waals surface area contributed by atoms with E-state index in [1.807, 2.05) is 37.5 Å². The van der Waals surface area contributed by atoms with Crippen molar-refractivity contribution in [2.24, 2.45) is 7.05 Å². The van der Waals surface area contributed by atoms with E-state index in [2.05, 4.69) is 10.4 Å². The Bertz CT molecular complexity index is 617. The Balaban J connectivity index is 1.87. The molecule has 1 aromatic heterocycles. The van der Waals surface area contributed by atoms with Gasteiger partial charge in [-0.05, 0) is 23.8 Å². The average Bonchev–Trinajstić information content (AvgIpc) is 2.89. The summed E-state index contributed by atoms with van der Waals surface area (Å²) < 4.78 is 6.82. The molecule has 1 N–H and O–H groups in total. The van der Waals surface area contributed by atoms with Crippen LogP contribution in [0.3, 0.4) is 0 Å². The number of nitrogens with one attached hydrogen (secondary N) is 1. The first kappa shape index (κ1) is 13.9. The Labute approximate surface area is 117 Å². The van der Waals surface area contributed by atoms with Crippen molar-refractivity contribution in [3.63, 3.8) is 0 Å². The summed E-state index contributed by atoms with van der Waals surface area (Å²) in [6, 6.07) is 7.60. The maximum atomic E-state index is 11.7. The molecule has 2 aromatic rings. The van der Waals surface area contributed by atoms with Crippen LogP contribution in [0.2, 0.25) is 0 Å². The number of aromatic nitrogens is 2. The van der Waals surface area contributed by atoms with Crippen molar-refractivity contribution in [2.45, 2.75) is 6.54 Å². The van der Waals surface area contributed by atoms with Gasteiger partial charge in [0.1, 0.15) is 5.75 Å². The van der Waals surface area contributed by atoms with Crippen molar-refractivity contribution >= 4 is 12.0 Å². The number of carbonyl (C=O) groups is 1. The van der Waals surface area contributed by atoms with Gasteiger partial charge in [-0.25, -0.2) is 0 Å². The number of hydrogen-bond donors (Lipinski definition) is 1. The zero-order valence-corrected chi connectivity index (χ0v) is 11.5. The zero-order chi connectivity index (χ0) is 14.4. The summed E-state index contributed by atoms with van der Waals surface area (Å²) in [6.45, 7) is 0.466. The van der Waals surface area contributed by atoms with Gasteiger partial charge in [-0.15, -0.1) is 0 Å². The van der Waals surface area contributed by atoms with E-state index >= 15 is 0 Å². The number of ether oxygens (including phenoxy) is 1. The Morgan fingerprint density at radius 3 is 3.05 bits per heavy atom. The molecule has 0 bridgehead atoms. The first-order valence-electron chi connectivity index (χ1n) is 6.25. The Kier molecular flexibility index (Phi) is 4.55. The minimum atomic E-state index is -0.142. The van der Waals surface area contributed by atoms with Crippen LogP contribution in [-0.4, -0.2) is 22.8 Å². The van der Waals surface area contributed by atoms with E-state index in [9.17, 15) is 4.79 Å². The molecular formula is C15H17N3O2. The van der Waals surface area contributed by atoms with Gasteiger partial charge in [-0.2, -0.15) is 5.10 Å². The molecule has 0 aliphatic carbocycles.